The number of ether oxygens (including phenoxy) is 1. The summed E-state index contributed by atoms with van der Waals surface area (Å²) in [5.41, 5.74) is 2.74. The molecule has 14 heavy (non-hydrogen) atoms. The summed E-state index contributed by atoms with van der Waals surface area (Å²) in [4.78, 5) is 0. The Bertz CT molecular complexity index is 294. The minimum absolute atomic E-state index is 0.430. The maximum Gasteiger partial charge on any atom is 0.0828 e. The fourth-order valence-corrected chi connectivity index (χ4v) is 1.63. The highest BCUT2D eigenvalue weighted by Crippen LogP contribution is 2.12. The van der Waals surface area contributed by atoms with E-state index in [1.807, 2.05) is 0 Å². The fraction of sp³-hybridized carbons (Fsp3) is 0.500. The molecule has 0 aliphatic carbocycles. The molecule has 2 rings (SSSR count). The molecule has 0 saturated carbocycles. The van der Waals surface area contributed by atoms with Crippen LogP contribution in [0.1, 0.15) is 18.1 Å². The lowest BCUT2D eigenvalue weighted by Gasteiger charge is -2.27. The van der Waals surface area contributed by atoms with Crippen LogP contribution in [-0.4, -0.2) is 19.2 Å². The summed E-state index contributed by atoms with van der Waals surface area (Å²) in [6.45, 7) is 4.96. The molecular weight excluding hydrogens is 174 g/mol. The zero-order chi connectivity index (χ0) is 9.80. The van der Waals surface area contributed by atoms with E-state index in [0.717, 1.165) is 26.1 Å². The highest BCUT2D eigenvalue weighted by molar-refractivity contribution is 5.26. The smallest absolute Gasteiger partial charge is 0.0828 e. The first-order valence-electron chi connectivity index (χ1n) is 5.29. The summed E-state index contributed by atoms with van der Waals surface area (Å²) in [7, 11) is 0. The van der Waals surface area contributed by atoms with Gasteiger partial charge in [0.1, 0.15) is 0 Å². The van der Waals surface area contributed by atoms with Gasteiger partial charge in [-0.15, -0.1) is 0 Å². The van der Waals surface area contributed by atoms with Gasteiger partial charge in [0.15, 0.2) is 0 Å². The summed E-state index contributed by atoms with van der Waals surface area (Å²) >= 11 is 0. The quantitative estimate of drug-likeness (QED) is 0.782. The molecule has 2 heteroatoms. The van der Waals surface area contributed by atoms with Gasteiger partial charge < -0.3 is 10.1 Å². The maximum atomic E-state index is 5.74. The van der Waals surface area contributed by atoms with Crippen molar-refractivity contribution < 1.29 is 4.74 Å². The Labute approximate surface area is 85.3 Å². The first-order chi connectivity index (χ1) is 6.90. The second kappa shape index (κ2) is 4.58. The van der Waals surface area contributed by atoms with E-state index in [0.29, 0.717) is 6.10 Å². The van der Waals surface area contributed by atoms with Gasteiger partial charge in [0.05, 0.1) is 12.7 Å². The average molecular weight is 191 g/mol. The van der Waals surface area contributed by atoms with Gasteiger partial charge in [0.25, 0.3) is 0 Å². The molecule has 1 N–H and O–H groups in total. The Morgan fingerprint density at radius 3 is 2.57 bits per heavy atom. The van der Waals surface area contributed by atoms with Crippen molar-refractivity contribution in [3.8, 4) is 0 Å². The van der Waals surface area contributed by atoms with E-state index in [1.54, 1.807) is 0 Å². The number of hydrogen-bond donors (Lipinski definition) is 1. The number of nitrogens with one attached hydrogen (secondary N) is 1. The van der Waals surface area contributed by atoms with Crippen molar-refractivity contribution in [3.63, 3.8) is 0 Å². The normalized spacial score (nSPS) is 16.6. The largest absolute Gasteiger partial charge is 0.371 e. The maximum absolute atomic E-state index is 5.74. The van der Waals surface area contributed by atoms with Crippen LogP contribution < -0.4 is 5.32 Å². The molecule has 1 aliphatic rings. The van der Waals surface area contributed by atoms with E-state index >= 15 is 0 Å². The first kappa shape index (κ1) is 9.69. The third kappa shape index (κ3) is 2.14. The number of aryl methyl sites for hydroxylation is 1. The van der Waals surface area contributed by atoms with Gasteiger partial charge in [-0.25, -0.2) is 0 Å². The van der Waals surface area contributed by atoms with Crippen LogP contribution in [0.4, 0.5) is 0 Å². The van der Waals surface area contributed by atoms with Gasteiger partial charge in [-0.1, -0.05) is 31.2 Å². The van der Waals surface area contributed by atoms with Gasteiger partial charge in [0, 0.05) is 13.1 Å². The molecular formula is C12H17NO. The molecule has 2 nitrogen and oxygen atoms in total. The van der Waals surface area contributed by atoms with Crippen LogP contribution in [0.3, 0.4) is 0 Å². The molecule has 1 aromatic rings. The van der Waals surface area contributed by atoms with Crippen molar-refractivity contribution in [2.45, 2.75) is 26.1 Å². The molecule has 1 saturated heterocycles. The van der Waals surface area contributed by atoms with E-state index in [1.165, 1.54) is 11.1 Å². The predicted octanol–water partition coefficient (Wildman–Crippen LogP) is 1.74. The Kier molecular flexibility index (Phi) is 3.17. The highest BCUT2D eigenvalue weighted by atomic mass is 16.5. The molecule has 0 bridgehead atoms. The molecule has 0 spiro atoms. The van der Waals surface area contributed by atoms with E-state index in [2.05, 4.69) is 36.5 Å². The van der Waals surface area contributed by atoms with Crippen molar-refractivity contribution >= 4 is 0 Å². The molecule has 0 radical (unpaired) electrons. The molecule has 1 aromatic carbocycles. The topological polar surface area (TPSA) is 21.3 Å². The summed E-state index contributed by atoms with van der Waals surface area (Å²) in [5, 5.41) is 3.20. The van der Waals surface area contributed by atoms with Crippen LogP contribution in [0.15, 0.2) is 24.3 Å². The van der Waals surface area contributed by atoms with Crippen LogP contribution in [0.5, 0.6) is 0 Å². The number of hydrogen-bond acceptors (Lipinski definition) is 2. The highest BCUT2D eigenvalue weighted by Gasteiger charge is 2.16. The first-order valence-corrected chi connectivity index (χ1v) is 5.29. The Morgan fingerprint density at radius 1 is 1.29 bits per heavy atom. The molecule has 1 aliphatic heterocycles. The summed E-state index contributed by atoms with van der Waals surface area (Å²) < 4.78 is 5.74. The lowest BCUT2D eigenvalue weighted by atomic mass is 10.1. The van der Waals surface area contributed by atoms with E-state index in [4.69, 9.17) is 4.74 Å². The minimum atomic E-state index is 0.430. The summed E-state index contributed by atoms with van der Waals surface area (Å²) in [6.07, 6.45) is 1.52. The average Bonchev–Trinajstić information content (AvgIpc) is 2.16. The van der Waals surface area contributed by atoms with Crippen molar-refractivity contribution in [1.29, 1.82) is 0 Å². The standard InChI is InChI=1S/C12H17NO/c1-2-10-5-3-4-6-11(10)9-14-12-7-13-8-12/h3-6,12-13H,2,7-9H2,1H3. The SMILES string of the molecule is CCc1ccccc1COC1CNC1. The molecule has 1 fully saturated rings. The number of rotatable bonds is 4. The van der Waals surface area contributed by atoms with Crippen LogP contribution in [0, 0.1) is 0 Å². The van der Waals surface area contributed by atoms with Crippen LogP contribution in [-0.2, 0) is 17.8 Å². The van der Waals surface area contributed by atoms with E-state index in [9.17, 15) is 0 Å². The third-order valence-electron chi connectivity index (χ3n) is 2.72. The van der Waals surface area contributed by atoms with Gasteiger partial charge in [0.2, 0.25) is 0 Å². The molecule has 1 heterocycles. The van der Waals surface area contributed by atoms with Gasteiger partial charge in [-0.3, -0.25) is 0 Å². The van der Waals surface area contributed by atoms with Crippen LogP contribution in [0.2, 0.25) is 0 Å². The van der Waals surface area contributed by atoms with Crippen LogP contribution >= 0.6 is 0 Å². The van der Waals surface area contributed by atoms with Gasteiger partial charge >= 0.3 is 0 Å². The molecule has 76 valence electrons. The predicted molar refractivity (Wildman–Crippen MR) is 57.3 cm³/mol. The third-order valence-corrected chi connectivity index (χ3v) is 2.72. The fourth-order valence-electron chi connectivity index (χ4n) is 1.63. The van der Waals surface area contributed by atoms with Crippen molar-refractivity contribution in [2.75, 3.05) is 13.1 Å². The number of benzene rings is 1. The summed E-state index contributed by atoms with van der Waals surface area (Å²) in [5.74, 6) is 0. The Hall–Kier alpha value is -0.860. The van der Waals surface area contributed by atoms with Crippen molar-refractivity contribution in [2.24, 2.45) is 0 Å². The van der Waals surface area contributed by atoms with Crippen LogP contribution in [0.25, 0.3) is 0 Å². The van der Waals surface area contributed by atoms with E-state index in [-0.39, 0.29) is 0 Å². The lowest BCUT2D eigenvalue weighted by Crippen LogP contribution is -2.48. The molecule has 0 amide bonds. The second-order valence-electron chi connectivity index (χ2n) is 3.71. The zero-order valence-electron chi connectivity index (χ0n) is 8.62. The summed E-state index contributed by atoms with van der Waals surface area (Å²) in [6, 6.07) is 8.51. The molecule has 0 unspecified atom stereocenters. The van der Waals surface area contributed by atoms with Crippen molar-refractivity contribution in [1.82, 2.24) is 5.32 Å². The van der Waals surface area contributed by atoms with Gasteiger partial charge in [-0.05, 0) is 17.5 Å². The second-order valence-corrected chi connectivity index (χ2v) is 3.71. The van der Waals surface area contributed by atoms with Crippen molar-refractivity contribution in [3.05, 3.63) is 35.4 Å². The molecule has 0 atom stereocenters. The minimum Gasteiger partial charge on any atom is -0.371 e. The van der Waals surface area contributed by atoms with E-state index < -0.39 is 0 Å². The van der Waals surface area contributed by atoms with Gasteiger partial charge in [-0.2, -0.15) is 0 Å². The lowest BCUT2D eigenvalue weighted by molar-refractivity contribution is 0.00730. The molecule has 0 aromatic heterocycles. The monoisotopic (exact) mass is 191 g/mol. The Balaban J connectivity index is 1.93. The Morgan fingerprint density at radius 2 is 2.00 bits per heavy atom. The zero-order valence-corrected chi connectivity index (χ0v) is 8.62.